The van der Waals surface area contributed by atoms with E-state index in [2.05, 4.69) is 0 Å². The van der Waals surface area contributed by atoms with E-state index in [1.54, 1.807) is 0 Å². The predicted molar refractivity (Wildman–Crippen MR) is 7.13 cm³/mol. The van der Waals surface area contributed by atoms with Gasteiger partial charge in [0.25, 0.3) is 0 Å². The zero-order valence-electron chi connectivity index (χ0n) is 2.34. The first-order valence-electron chi connectivity index (χ1n) is 0.333. The van der Waals surface area contributed by atoms with Crippen LogP contribution < -0.4 is 10.5 Å². The van der Waals surface area contributed by atoms with Gasteiger partial charge in [0.15, 0.2) is 0 Å². The smallest absolute Gasteiger partial charge is 0.693 e. The fourth-order valence-electron chi connectivity index (χ4n) is 0. The molecule has 0 fully saturated rings. The molecule has 0 aromatic heterocycles. The number of rotatable bonds is 0. The van der Waals surface area contributed by atoms with E-state index < -0.39 is 0 Å². The molecule has 2 radical (unpaired) electrons. The first-order valence-corrected chi connectivity index (χ1v) is 0.333. The Labute approximate surface area is 58.5 Å². The Hall–Kier alpha value is 1.10. The van der Waals surface area contributed by atoms with E-state index in [1.807, 2.05) is 0 Å². The monoisotopic (exact) mass is 104 g/mol. The summed E-state index contributed by atoms with van der Waals surface area (Å²) in [5, 5.41) is 28.0. The molecule has 5 heavy (non-hydrogen) atoms. The van der Waals surface area contributed by atoms with Crippen LogP contribution in [0.4, 0.5) is 0 Å². The summed E-state index contributed by atoms with van der Waals surface area (Å²) in [7, 11) is 0. The van der Waals surface area contributed by atoms with Crippen molar-refractivity contribution < 1.29 is 21.0 Å². The Morgan fingerprint density at radius 2 is 0.800 bits per heavy atom. The van der Waals surface area contributed by atoms with E-state index in [0.717, 1.165) is 0 Å². The van der Waals surface area contributed by atoms with Crippen LogP contribution in [-0.4, -0.2) is 37.7 Å². The van der Waals surface area contributed by atoms with Gasteiger partial charge in [0, 0.05) is 0 Å². The second-order valence-electron chi connectivity index (χ2n) is 0. The molecule has 0 aliphatic carbocycles. The van der Waals surface area contributed by atoms with E-state index >= 15 is 0 Å². The van der Waals surface area contributed by atoms with Crippen molar-refractivity contribution in [2.45, 2.75) is 0 Å². The van der Waals surface area contributed by atoms with Gasteiger partial charge in [-0.25, -0.2) is 0 Å². The third-order valence-electron chi connectivity index (χ3n) is 0. The average molecular weight is 104 g/mol. The van der Waals surface area contributed by atoms with Crippen LogP contribution in [0.15, 0.2) is 0 Å². The van der Waals surface area contributed by atoms with Gasteiger partial charge in [-0.3, -0.25) is 0 Å². The third kappa shape index (κ3) is 40.5. The van der Waals surface area contributed by atoms with Crippen molar-refractivity contribution in [2.24, 2.45) is 0 Å². The third-order valence-corrected chi connectivity index (χ3v) is 0. The minimum Gasteiger partial charge on any atom is -0.693 e. The van der Waals surface area contributed by atoms with Crippen molar-refractivity contribution >= 4 is 37.7 Å². The molecule has 5 heteroatoms. The van der Waals surface area contributed by atoms with Gasteiger partial charge >= 0.3 is 37.7 Å². The summed E-state index contributed by atoms with van der Waals surface area (Å²) < 4.78 is 0. The Bertz CT molecular complexity index is 3.61. The molecule has 0 N–H and O–H groups in total. The van der Waals surface area contributed by atoms with Crippen LogP contribution in [0.3, 0.4) is 0 Å². The summed E-state index contributed by atoms with van der Waals surface area (Å²) >= 11 is 0. The maximum Gasteiger partial charge on any atom is 2.00 e. The number of hydrogen-bond donors (Lipinski definition) is 0. The molecule has 0 aliphatic rings. The molecule has 0 aromatic carbocycles. The van der Waals surface area contributed by atoms with Gasteiger partial charge in [-0.15, -0.1) is 0 Å². The topological polar surface area (TPSA) is 85.9 Å². The maximum atomic E-state index is 7.00. The minimum atomic E-state index is 0. The first kappa shape index (κ1) is 16.5. The fraction of sp³-hybridized carbons (Fsp3) is 0. The Morgan fingerprint density at radius 1 is 0.800 bits per heavy atom. The van der Waals surface area contributed by atoms with Crippen LogP contribution in [-0.2, 0) is 10.5 Å². The molecule has 4 nitrogen and oxygen atoms in total. The standard InChI is InChI=1S/Ca.2O2/c;2*1-2/q+2;2*-1. The van der Waals surface area contributed by atoms with Gasteiger partial charge in [-0.2, -0.15) is 0 Å². The summed E-state index contributed by atoms with van der Waals surface area (Å²) in [6, 6.07) is 0. The number of hydrogen-bond acceptors (Lipinski definition) is 2. The second-order valence-corrected chi connectivity index (χ2v) is 0. The van der Waals surface area contributed by atoms with Crippen LogP contribution >= 0.6 is 0 Å². The first-order chi connectivity index (χ1) is 2.00. The normalized spacial score (nSPS) is 2.40. The molecule has 0 saturated heterocycles. The molecule has 0 heterocycles. The van der Waals surface area contributed by atoms with Gasteiger partial charge in [0.05, 0.1) is 0 Å². The Kier molecular flexibility index (Phi) is 234. The SMILES string of the molecule is [Ca+2].[O][O-].[O][O-]. The van der Waals surface area contributed by atoms with Crippen LogP contribution in [0, 0.1) is 0 Å². The maximum absolute atomic E-state index is 7.00. The van der Waals surface area contributed by atoms with E-state index in [0.29, 0.717) is 0 Å². The van der Waals surface area contributed by atoms with Crippen molar-refractivity contribution in [1.82, 2.24) is 0 Å². The van der Waals surface area contributed by atoms with Gasteiger partial charge in [-0.05, 0) is 0 Å². The molecule has 0 unspecified atom stereocenters. The molecule has 0 atom stereocenters. The van der Waals surface area contributed by atoms with Crippen molar-refractivity contribution in [3.8, 4) is 0 Å². The molecular weight excluding hydrogens is 104 g/mol. The Morgan fingerprint density at radius 3 is 0.800 bits per heavy atom. The van der Waals surface area contributed by atoms with E-state index in [-0.39, 0.29) is 37.7 Å². The van der Waals surface area contributed by atoms with Crippen molar-refractivity contribution in [1.29, 1.82) is 0 Å². The zero-order chi connectivity index (χ0) is 4.00. The molecular formula is CaO4. The second kappa shape index (κ2) is 70.9. The summed E-state index contributed by atoms with van der Waals surface area (Å²) in [4.78, 5) is 0. The molecule has 0 aliphatic heterocycles. The quantitative estimate of drug-likeness (QED) is 0.186. The van der Waals surface area contributed by atoms with E-state index in [9.17, 15) is 0 Å². The average Bonchev–Trinajstić information content (AvgIpc) is 1.50. The van der Waals surface area contributed by atoms with Gasteiger partial charge in [0.1, 0.15) is 0 Å². The largest absolute Gasteiger partial charge is 2.00 e. The summed E-state index contributed by atoms with van der Waals surface area (Å²) in [5.41, 5.74) is 0. The zero-order valence-corrected chi connectivity index (χ0v) is 4.55. The van der Waals surface area contributed by atoms with Gasteiger partial charge in [0.2, 0.25) is 0 Å². The molecule has 26 valence electrons. The van der Waals surface area contributed by atoms with Gasteiger partial charge < -0.3 is 21.0 Å². The minimum absolute atomic E-state index is 0. The van der Waals surface area contributed by atoms with Crippen LogP contribution in [0.1, 0.15) is 0 Å². The van der Waals surface area contributed by atoms with Crippen LogP contribution in [0.2, 0.25) is 0 Å². The van der Waals surface area contributed by atoms with Gasteiger partial charge in [-0.1, -0.05) is 0 Å². The van der Waals surface area contributed by atoms with Crippen molar-refractivity contribution in [3.63, 3.8) is 0 Å². The van der Waals surface area contributed by atoms with E-state index in [1.165, 1.54) is 0 Å². The Balaban J connectivity index is -0.0000000133. The predicted octanol–water partition coefficient (Wildman–Crippen LogP) is -3.00. The molecule has 0 rings (SSSR count). The molecule has 0 saturated carbocycles. The van der Waals surface area contributed by atoms with Crippen molar-refractivity contribution in [2.75, 3.05) is 0 Å². The molecule has 0 amide bonds. The molecule has 0 spiro atoms. The van der Waals surface area contributed by atoms with E-state index in [4.69, 9.17) is 21.0 Å². The van der Waals surface area contributed by atoms with Crippen molar-refractivity contribution in [3.05, 3.63) is 0 Å². The molecule has 0 bridgehead atoms. The van der Waals surface area contributed by atoms with Crippen LogP contribution in [0.5, 0.6) is 0 Å². The summed E-state index contributed by atoms with van der Waals surface area (Å²) in [6.45, 7) is 0. The van der Waals surface area contributed by atoms with Crippen LogP contribution in [0.25, 0.3) is 0 Å². The fourth-order valence-corrected chi connectivity index (χ4v) is 0. The molecule has 0 aromatic rings. The summed E-state index contributed by atoms with van der Waals surface area (Å²) in [5.74, 6) is 0. The summed E-state index contributed by atoms with van der Waals surface area (Å²) in [6.07, 6.45) is 0.